The first-order valence-electron chi connectivity index (χ1n) is 8.63. The Morgan fingerprint density at radius 1 is 1.07 bits per heavy atom. The van der Waals surface area contributed by atoms with Crippen molar-refractivity contribution in [1.82, 2.24) is 15.0 Å². The summed E-state index contributed by atoms with van der Waals surface area (Å²) in [6, 6.07) is 10.2. The molecule has 1 amide bonds. The summed E-state index contributed by atoms with van der Waals surface area (Å²) in [5.41, 5.74) is 1.18. The average Bonchev–Trinajstić information content (AvgIpc) is 2.73. The third-order valence-corrected chi connectivity index (χ3v) is 5.04. The van der Waals surface area contributed by atoms with Crippen LogP contribution >= 0.6 is 0 Å². The minimum Gasteiger partial charge on any atom is -0.452 e. The lowest BCUT2D eigenvalue weighted by atomic mass is 10.3. The van der Waals surface area contributed by atoms with Gasteiger partial charge in [0.1, 0.15) is 0 Å². The Balaban J connectivity index is 1.57. The summed E-state index contributed by atoms with van der Waals surface area (Å²) in [5, 5.41) is 2.51. The normalized spacial score (nSPS) is 10.8. The standard InChI is InChI=1S/C19H17N5O5S/c1-13-8-10-21-19(22-13)24-30(27,28)16-6-4-15(5-7-16)23-17(25)12-29-18(26)14-3-2-9-20-11-14/h2-11H,12H2,1H3,(H,23,25)(H,21,22,24). The topological polar surface area (TPSA) is 140 Å². The molecule has 10 nitrogen and oxygen atoms in total. The molecule has 0 saturated carbocycles. The summed E-state index contributed by atoms with van der Waals surface area (Å²) >= 11 is 0. The molecule has 30 heavy (non-hydrogen) atoms. The molecule has 0 spiro atoms. The number of nitrogens with one attached hydrogen (secondary N) is 2. The van der Waals surface area contributed by atoms with Crippen LogP contribution in [0.5, 0.6) is 0 Å². The van der Waals surface area contributed by atoms with Gasteiger partial charge < -0.3 is 10.1 Å². The minimum absolute atomic E-state index is 0.0337. The van der Waals surface area contributed by atoms with Gasteiger partial charge in [-0.05, 0) is 49.4 Å². The monoisotopic (exact) mass is 427 g/mol. The molecule has 154 valence electrons. The van der Waals surface area contributed by atoms with Gasteiger partial charge in [0.05, 0.1) is 10.5 Å². The second kappa shape index (κ2) is 9.09. The van der Waals surface area contributed by atoms with Crippen molar-refractivity contribution in [3.8, 4) is 0 Å². The van der Waals surface area contributed by atoms with Crippen molar-refractivity contribution in [2.45, 2.75) is 11.8 Å². The van der Waals surface area contributed by atoms with E-state index in [1.54, 1.807) is 19.1 Å². The van der Waals surface area contributed by atoms with Gasteiger partial charge in [-0.2, -0.15) is 0 Å². The number of aromatic nitrogens is 3. The van der Waals surface area contributed by atoms with Gasteiger partial charge in [0.15, 0.2) is 6.61 Å². The third kappa shape index (κ3) is 5.58. The summed E-state index contributed by atoms with van der Waals surface area (Å²) in [4.78, 5) is 35.4. The molecule has 2 N–H and O–H groups in total. The molecular weight excluding hydrogens is 410 g/mol. The molecule has 0 atom stereocenters. The predicted molar refractivity (Wildman–Crippen MR) is 107 cm³/mol. The van der Waals surface area contributed by atoms with E-state index in [0.717, 1.165) is 0 Å². The van der Waals surface area contributed by atoms with E-state index in [-0.39, 0.29) is 16.4 Å². The Kier molecular flexibility index (Phi) is 6.32. The van der Waals surface area contributed by atoms with Crippen molar-refractivity contribution >= 4 is 33.5 Å². The van der Waals surface area contributed by atoms with Gasteiger partial charge in [-0.25, -0.2) is 27.9 Å². The van der Waals surface area contributed by atoms with Gasteiger partial charge in [-0.15, -0.1) is 0 Å². The highest BCUT2D eigenvalue weighted by Gasteiger charge is 2.16. The maximum atomic E-state index is 12.4. The fourth-order valence-electron chi connectivity index (χ4n) is 2.29. The highest BCUT2D eigenvalue weighted by molar-refractivity contribution is 7.92. The van der Waals surface area contributed by atoms with Gasteiger partial charge in [0.25, 0.3) is 15.9 Å². The van der Waals surface area contributed by atoms with Crippen LogP contribution in [0.25, 0.3) is 0 Å². The SMILES string of the molecule is Cc1ccnc(NS(=O)(=O)c2ccc(NC(=O)COC(=O)c3cccnc3)cc2)n1. The van der Waals surface area contributed by atoms with Crippen LogP contribution in [-0.4, -0.2) is 41.9 Å². The van der Waals surface area contributed by atoms with E-state index < -0.39 is 28.5 Å². The number of aryl methyl sites for hydroxylation is 1. The van der Waals surface area contributed by atoms with Crippen molar-refractivity contribution in [3.63, 3.8) is 0 Å². The number of amides is 1. The first-order valence-corrected chi connectivity index (χ1v) is 10.1. The molecule has 0 aliphatic rings. The number of hydrogen-bond acceptors (Lipinski definition) is 8. The lowest BCUT2D eigenvalue weighted by Crippen LogP contribution is -2.21. The number of pyridine rings is 1. The van der Waals surface area contributed by atoms with E-state index in [9.17, 15) is 18.0 Å². The molecule has 11 heteroatoms. The number of hydrogen-bond donors (Lipinski definition) is 2. The maximum absolute atomic E-state index is 12.4. The molecule has 0 saturated heterocycles. The van der Waals surface area contributed by atoms with E-state index in [0.29, 0.717) is 11.4 Å². The van der Waals surface area contributed by atoms with Crippen LogP contribution in [0.2, 0.25) is 0 Å². The molecule has 2 heterocycles. The maximum Gasteiger partial charge on any atom is 0.340 e. The van der Waals surface area contributed by atoms with Crippen LogP contribution in [0, 0.1) is 6.92 Å². The molecule has 3 aromatic rings. The molecular formula is C19H17N5O5S. The summed E-state index contributed by atoms with van der Waals surface area (Å²) in [7, 11) is -3.89. The molecule has 1 aromatic carbocycles. The van der Waals surface area contributed by atoms with E-state index in [1.165, 1.54) is 48.9 Å². The number of rotatable bonds is 7. The summed E-state index contributed by atoms with van der Waals surface area (Å²) in [6.45, 7) is 1.21. The molecule has 0 fully saturated rings. The van der Waals surface area contributed by atoms with Crippen LogP contribution in [0.1, 0.15) is 16.1 Å². The average molecular weight is 427 g/mol. The van der Waals surface area contributed by atoms with Gasteiger partial charge in [0, 0.05) is 30.0 Å². The van der Waals surface area contributed by atoms with Gasteiger partial charge in [-0.1, -0.05) is 0 Å². The van der Waals surface area contributed by atoms with Crippen LogP contribution in [-0.2, 0) is 19.6 Å². The summed E-state index contributed by atoms with van der Waals surface area (Å²) in [5.74, 6) is -1.29. The van der Waals surface area contributed by atoms with Gasteiger partial charge >= 0.3 is 5.97 Å². The van der Waals surface area contributed by atoms with Crippen LogP contribution in [0.3, 0.4) is 0 Å². The summed E-state index contributed by atoms with van der Waals surface area (Å²) in [6.07, 6.45) is 4.28. The zero-order valence-corrected chi connectivity index (χ0v) is 16.6. The zero-order valence-electron chi connectivity index (χ0n) is 15.8. The molecule has 0 bridgehead atoms. The van der Waals surface area contributed by atoms with Gasteiger partial charge in [-0.3, -0.25) is 9.78 Å². The van der Waals surface area contributed by atoms with E-state index in [2.05, 4.69) is 25.0 Å². The Morgan fingerprint density at radius 2 is 1.83 bits per heavy atom. The second-order valence-corrected chi connectivity index (χ2v) is 7.70. The molecule has 0 aliphatic heterocycles. The number of ether oxygens (including phenoxy) is 1. The fourth-order valence-corrected chi connectivity index (χ4v) is 3.24. The number of benzene rings is 1. The largest absolute Gasteiger partial charge is 0.452 e. The van der Waals surface area contributed by atoms with Crippen molar-refractivity contribution < 1.29 is 22.7 Å². The van der Waals surface area contributed by atoms with E-state index in [1.807, 2.05) is 0 Å². The van der Waals surface area contributed by atoms with E-state index >= 15 is 0 Å². The molecule has 0 aliphatic carbocycles. The number of carbonyl (C=O) groups is 2. The Morgan fingerprint density at radius 3 is 2.50 bits per heavy atom. The number of anilines is 2. The first kappa shape index (κ1) is 20.9. The van der Waals surface area contributed by atoms with Crippen LogP contribution in [0.4, 0.5) is 11.6 Å². The lowest BCUT2D eigenvalue weighted by Gasteiger charge is -2.09. The highest BCUT2D eigenvalue weighted by atomic mass is 32.2. The van der Waals surface area contributed by atoms with Crippen molar-refractivity contribution in [2.75, 3.05) is 16.6 Å². The molecule has 0 unspecified atom stereocenters. The number of sulfonamides is 1. The number of carbonyl (C=O) groups excluding carboxylic acids is 2. The smallest absolute Gasteiger partial charge is 0.340 e. The number of nitrogens with zero attached hydrogens (tertiary/aromatic N) is 3. The fraction of sp³-hybridized carbons (Fsp3) is 0.105. The zero-order chi connectivity index (χ0) is 21.6. The number of esters is 1. The summed E-state index contributed by atoms with van der Waals surface area (Å²) < 4.78 is 32.0. The quantitative estimate of drug-likeness (QED) is 0.544. The highest BCUT2D eigenvalue weighted by Crippen LogP contribution is 2.16. The molecule has 0 radical (unpaired) electrons. The predicted octanol–water partition coefficient (Wildman–Crippen LogP) is 1.78. The Bertz CT molecular complexity index is 1150. The van der Waals surface area contributed by atoms with Gasteiger partial charge in [0.2, 0.25) is 5.95 Å². The van der Waals surface area contributed by atoms with Crippen molar-refractivity contribution in [2.24, 2.45) is 0 Å². The lowest BCUT2D eigenvalue weighted by molar-refractivity contribution is -0.119. The second-order valence-electron chi connectivity index (χ2n) is 6.02. The van der Waals surface area contributed by atoms with Crippen molar-refractivity contribution in [3.05, 3.63) is 72.3 Å². The Hall–Kier alpha value is -3.86. The van der Waals surface area contributed by atoms with E-state index in [4.69, 9.17) is 4.74 Å². The Labute approximate surface area is 172 Å². The van der Waals surface area contributed by atoms with Crippen LogP contribution < -0.4 is 10.0 Å². The van der Waals surface area contributed by atoms with Crippen LogP contribution in [0.15, 0.2) is 66.0 Å². The minimum atomic E-state index is -3.89. The third-order valence-electron chi connectivity index (χ3n) is 3.70. The first-order chi connectivity index (χ1) is 14.3. The molecule has 3 rings (SSSR count). The molecule has 2 aromatic heterocycles. The van der Waals surface area contributed by atoms with Crippen molar-refractivity contribution in [1.29, 1.82) is 0 Å².